The summed E-state index contributed by atoms with van der Waals surface area (Å²) >= 11 is 0. The van der Waals surface area contributed by atoms with E-state index in [0.717, 1.165) is 57.7 Å². The SMILES string of the molecule is CNCC(CC1CCC(F)(F)CC1)N1CCC[C@@H](C(O)(CCCC2CC2)c2cccc(F)c2)C1. The van der Waals surface area contributed by atoms with E-state index in [1.54, 1.807) is 6.07 Å². The van der Waals surface area contributed by atoms with Crippen LogP contribution in [0, 0.1) is 23.6 Å². The Morgan fingerprint density at radius 2 is 1.91 bits per heavy atom. The van der Waals surface area contributed by atoms with Crippen LogP contribution in [0.15, 0.2) is 24.3 Å². The van der Waals surface area contributed by atoms with Gasteiger partial charge in [0.1, 0.15) is 5.82 Å². The maximum absolute atomic E-state index is 14.2. The molecule has 2 N–H and O–H groups in total. The quantitative estimate of drug-likeness (QED) is 0.401. The average molecular weight is 481 g/mol. The molecule has 2 saturated carbocycles. The second-order valence-electron chi connectivity index (χ2n) is 11.4. The standard InChI is InChI=1S/C28H43F3N2O/c1-32-19-26(17-22-11-14-27(30,31)15-12-22)33-16-4-7-24(20-33)28(34,13-3-5-21-9-10-21)23-6-2-8-25(29)18-23/h2,6,8,18,21-22,24,26,32,34H,3-5,7,9-17,19-20H2,1H3/t24-,26?,28?/m1/s1. The zero-order valence-corrected chi connectivity index (χ0v) is 20.8. The molecule has 1 saturated heterocycles. The minimum atomic E-state index is -2.49. The van der Waals surface area contributed by atoms with Gasteiger partial charge < -0.3 is 10.4 Å². The van der Waals surface area contributed by atoms with E-state index in [1.807, 2.05) is 13.1 Å². The summed E-state index contributed by atoms with van der Waals surface area (Å²) in [5, 5.41) is 15.4. The van der Waals surface area contributed by atoms with Gasteiger partial charge in [0, 0.05) is 37.9 Å². The molecule has 0 radical (unpaired) electrons. The Labute approximate surface area is 203 Å². The highest BCUT2D eigenvalue weighted by Crippen LogP contribution is 2.43. The highest BCUT2D eigenvalue weighted by atomic mass is 19.3. The predicted octanol–water partition coefficient (Wildman–Crippen LogP) is 6.11. The highest BCUT2D eigenvalue weighted by molar-refractivity contribution is 5.25. The molecule has 2 aliphatic carbocycles. The van der Waals surface area contributed by atoms with E-state index >= 15 is 0 Å². The molecular weight excluding hydrogens is 437 g/mol. The Morgan fingerprint density at radius 3 is 2.59 bits per heavy atom. The first kappa shape index (κ1) is 26.0. The molecular formula is C28H43F3N2O. The number of hydrogen-bond acceptors (Lipinski definition) is 3. The number of piperidine rings is 1. The zero-order chi connectivity index (χ0) is 24.2. The Hall–Kier alpha value is -1.11. The van der Waals surface area contributed by atoms with E-state index < -0.39 is 11.5 Å². The van der Waals surface area contributed by atoms with Gasteiger partial charge in [0.25, 0.3) is 0 Å². The molecule has 0 amide bonds. The first-order valence-electron chi connectivity index (χ1n) is 13.5. The van der Waals surface area contributed by atoms with Crippen molar-refractivity contribution in [3.8, 4) is 0 Å². The largest absolute Gasteiger partial charge is 0.385 e. The van der Waals surface area contributed by atoms with Crippen LogP contribution in [0.5, 0.6) is 0 Å². The summed E-state index contributed by atoms with van der Waals surface area (Å²) in [6, 6.07) is 6.82. The topological polar surface area (TPSA) is 35.5 Å². The van der Waals surface area contributed by atoms with Gasteiger partial charge in [-0.15, -0.1) is 0 Å². The van der Waals surface area contributed by atoms with Crippen molar-refractivity contribution in [2.24, 2.45) is 17.8 Å². The van der Waals surface area contributed by atoms with Crippen LogP contribution in [0.1, 0.15) is 82.6 Å². The van der Waals surface area contributed by atoms with Gasteiger partial charge >= 0.3 is 0 Å². The number of rotatable bonds is 11. The molecule has 6 heteroatoms. The number of nitrogens with one attached hydrogen (secondary N) is 1. The summed E-state index contributed by atoms with van der Waals surface area (Å²) in [4.78, 5) is 2.47. The molecule has 2 unspecified atom stereocenters. The lowest BCUT2D eigenvalue weighted by molar-refractivity contribution is -0.0720. The summed E-state index contributed by atoms with van der Waals surface area (Å²) in [5.74, 6) is -1.61. The third kappa shape index (κ3) is 6.76. The molecule has 4 rings (SSSR count). The maximum atomic E-state index is 14.2. The van der Waals surface area contributed by atoms with E-state index in [1.165, 1.54) is 25.0 Å². The third-order valence-corrected chi connectivity index (χ3v) is 8.72. The van der Waals surface area contributed by atoms with Crippen LogP contribution in [0.25, 0.3) is 0 Å². The lowest BCUT2D eigenvalue weighted by Gasteiger charge is -2.46. The van der Waals surface area contributed by atoms with Crippen LogP contribution >= 0.6 is 0 Å². The first-order valence-corrected chi connectivity index (χ1v) is 13.5. The van der Waals surface area contributed by atoms with E-state index in [9.17, 15) is 18.3 Å². The molecule has 1 aromatic rings. The molecule has 3 nitrogen and oxygen atoms in total. The van der Waals surface area contributed by atoms with Gasteiger partial charge in [-0.05, 0) is 88.1 Å². The van der Waals surface area contributed by atoms with E-state index in [2.05, 4.69) is 10.2 Å². The van der Waals surface area contributed by atoms with Gasteiger partial charge in [0.2, 0.25) is 5.92 Å². The molecule has 0 aromatic heterocycles. The number of likely N-dealkylation sites (N-methyl/N-ethyl adjacent to an activating group) is 1. The van der Waals surface area contributed by atoms with Gasteiger partial charge in [0.05, 0.1) is 5.60 Å². The minimum absolute atomic E-state index is 0.00683. The van der Waals surface area contributed by atoms with E-state index in [0.29, 0.717) is 30.7 Å². The van der Waals surface area contributed by atoms with Crippen LogP contribution in [-0.4, -0.2) is 48.7 Å². The summed E-state index contributed by atoms with van der Waals surface area (Å²) in [6.45, 7) is 2.55. The van der Waals surface area contributed by atoms with Crippen LogP contribution in [0.3, 0.4) is 0 Å². The second-order valence-corrected chi connectivity index (χ2v) is 11.4. The number of benzene rings is 1. The summed E-state index contributed by atoms with van der Waals surface area (Å²) in [5.41, 5.74) is -0.331. The van der Waals surface area contributed by atoms with Gasteiger partial charge in [-0.25, -0.2) is 13.2 Å². The van der Waals surface area contributed by atoms with E-state index in [4.69, 9.17) is 0 Å². The van der Waals surface area contributed by atoms with Crippen molar-refractivity contribution >= 4 is 0 Å². The van der Waals surface area contributed by atoms with Crippen LogP contribution in [-0.2, 0) is 5.60 Å². The molecule has 0 bridgehead atoms. The highest BCUT2D eigenvalue weighted by Gasteiger charge is 2.42. The molecule has 1 aliphatic heterocycles. The number of halogens is 3. The molecule has 192 valence electrons. The predicted molar refractivity (Wildman–Crippen MR) is 130 cm³/mol. The number of alkyl halides is 2. The van der Waals surface area contributed by atoms with Crippen molar-refractivity contribution in [2.45, 2.75) is 94.6 Å². The summed E-state index contributed by atoms with van der Waals surface area (Å²) < 4.78 is 41.5. The third-order valence-electron chi connectivity index (χ3n) is 8.72. The van der Waals surface area contributed by atoms with Crippen molar-refractivity contribution in [3.63, 3.8) is 0 Å². The van der Waals surface area contributed by atoms with Crippen molar-refractivity contribution < 1.29 is 18.3 Å². The fraction of sp³-hybridized carbons (Fsp3) is 0.786. The van der Waals surface area contributed by atoms with Crippen LogP contribution in [0.4, 0.5) is 13.2 Å². The average Bonchev–Trinajstić information content (AvgIpc) is 3.64. The number of nitrogens with zero attached hydrogens (tertiary/aromatic N) is 1. The molecule has 0 spiro atoms. The number of aliphatic hydroxyl groups is 1. The molecule has 3 fully saturated rings. The Kier molecular flexibility index (Phi) is 8.63. The Bertz CT molecular complexity index is 777. The van der Waals surface area contributed by atoms with Crippen molar-refractivity contribution in [2.75, 3.05) is 26.7 Å². The smallest absolute Gasteiger partial charge is 0.248 e. The lowest BCUT2D eigenvalue weighted by atomic mass is 9.73. The number of hydrogen-bond donors (Lipinski definition) is 2. The second kappa shape index (κ2) is 11.3. The van der Waals surface area contributed by atoms with Crippen molar-refractivity contribution in [1.82, 2.24) is 10.2 Å². The minimum Gasteiger partial charge on any atom is -0.385 e. The summed E-state index contributed by atoms with van der Waals surface area (Å²) in [6.07, 6.45) is 9.42. The molecule has 3 aliphatic rings. The maximum Gasteiger partial charge on any atom is 0.248 e. The van der Waals surface area contributed by atoms with Crippen molar-refractivity contribution in [3.05, 3.63) is 35.6 Å². The number of likely N-dealkylation sites (tertiary alicyclic amines) is 1. The van der Waals surface area contributed by atoms with Gasteiger partial charge in [-0.2, -0.15) is 0 Å². The first-order chi connectivity index (χ1) is 16.3. The van der Waals surface area contributed by atoms with E-state index in [-0.39, 0.29) is 30.6 Å². The lowest BCUT2D eigenvalue weighted by Crippen LogP contribution is -2.52. The van der Waals surface area contributed by atoms with Gasteiger partial charge in [-0.3, -0.25) is 4.90 Å². The Morgan fingerprint density at radius 1 is 1.15 bits per heavy atom. The van der Waals surface area contributed by atoms with Crippen LogP contribution < -0.4 is 5.32 Å². The normalized spacial score (nSPS) is 26.8. The van der Waals surface area contributed by atoms with Gasteiger partial charge in [0.15, 0.2) is 0 Å². The Balaban J connectivity index is 1.46. The van der Waals surface area contributed by atoms with Gasteiger partial charge in [-0.1, -0.05) is 31.4 Å². The molecule has 34 heavy (non-hydrogen) atoms. The fourth-order valence-electron chi connectivity index (χ4n) is 6.45. The zero-order valence-electron chi connectivity index (χ0n) is 20.8. The molecule has 1 aromatic carbocycles. The summed E-state index contributed by atoms with van der Waals surface area (Å²) in [7, 11) is 1.95. The van der Waals surface area contributed by atoms with Crippen molar-refractivity contribution in [1.29, 1.82) is 0 Å². The monoisotopic (exact) mass is 480 g/mol. The fourth-order valence-corrected chi connectivity index (χ4v) is 6.45. The molecule has 3 atom stereocenters. The molecule has 1 heterocycles. The van der Waals surface area contributed by atoms with Crippen LogP contribution in [0.2, 0.25) is 0 Å².